The summed E-state index contributed by atoms with van der Waals surface area (Å²) in [6, 6.07) is 11.3. The van der Waals surface area contributed by atoms with Gasteiger partial charge in [-0.15, -0.1) is 0 Å². The number of amides is 1. The number of pyridine rings is 1. The summed E-state index contributed by atoms with van der Waals surface area (Å²) in [4.78, 5) is 27.1. The lowest BCUT2D eigenvalue weighted by atomic mass is 9.96. The van der Waals surface area contributed by atoms with Gasteiger partial charge in [0.05, 0.1) is 6.61 Å². The van der Waals surface area contributed by atoms with E-state index >= 15 is 0 Å². The number of fused-ring (bicyclic) bond motifs is 1. The van der Waals surface area contributed by atoms with Gasteiger partial charge in [-0.25, -0.2) is 0 Å². The summed E-state index contributed by atoms with van der Waals surface area (Å²) < 4.78 is 5.72. The molecule has 2 N–H and O–H groups in total. The zero-order valence-electron chi connectivity index (χ0n) is 14.0. The molecule has 1 amide bonds. The molecule has 0 bridgehead atoms. The van der Waals surface area contributed by atoms with E-state index in [4.69, 9.17) is 4.74 Å². The molecule has 1 aromatic carbocycles. The molecule has 1 atom stereocenters. The molecular weight excluding hydrogens is 304 g/mol. The Kier molecular flexibility index (Phi) is 4.69. The number of aromatic nitrogens is 1. The summed E-state index contributed by atoms with van der Waals surface area (Å²) in [6.07, 6.45) is 0.860. The first-order valence-corrected chi connectivity index (χ1v) is 8.26. The molecule has 3 rings (SSSR count). The highest BCUT2D eigenvalue weighted by atomic mass is 16.5. The van der Waals surface area contributed by atoms with Gasteiger partial charge >= 0.3 is 0 Å². The third-order valence-electron chi connectivity index (χ3n) is 4.31. The molecular formula is C19H22N2O3. The van der Waals surface area contributed by atoms with Crippen LogP contribution in [0.25, 0.3) is 0 Å². The molecule has 0 fully saturated rings. The summed E-state index contributed by atoms with van der Waals surface area (Å²) in [7, 11) is 0. The van der Waals surface area contributed by atoms with Crippen molar-refractivity contribution in [1.82, 2.24) is 10.3 Å². The van der Waals surface area contributed by atoms with Gasteiger partial charge in [0.2, 0.25) is 0 Å². The van der Waals surface area contributed by atoms with Crippen molar-refractivity contribution in [3.63, 3.8) is 0 Å². The van der Waals surface area contributed by atoms with E-state index in [2.05, 4.69) is 10.3 Å². The number of carbonyl (C=O) groups excluding carboxylic acids is 1. The first-order valence-electron chi connectivity index (χ1n) is 8.26. The Morgan fingerprint density at radius 1 is 1.29 bits per heavy atom. The van der Waals surface area contributed by atoms with Crippen molar-refractivity contribution in [1.29, 1.82) is 0 Å². The second-order valence-electron chi connectivity index (χ2n) is 6.51. The second kappa shape index (κ2) is 6.91. The van der Waals surface area contributed by atoms with Crippen LogP contribution in [-0.2, 0) is 6.42 Å². The van der Waals surface area contributed by atoms with E-state index in [1.54, 1.807) is 12.1 Å². The lowest BCUT2D eigenvalue weighted by molar-refractivity contribution is 0.0937. The second-order valence-corrected chi connectivity index (χ2v) is 6.51. The van der Waals surface area contributed by atoms with Crippen LogP contribution in [0.1, 0.15) is 41.4 Å². The van der Waals surface area contributed by atoms with E-state index in [0.29, 0.717) is 13.2 Å². The fourth-order valence-corrected chi connectivity index (χ4v) is 2.86. The van der Waals surface area contributed by atoms with Crippen LogP contribution in [0.3, 0.4) is 0 Å². The first kappa shape index (κ1) is 16.3. The Labute approximate surface area is 141 Å². The molecule has 0 aliphatic carbocycles. The molecule has 1 unspecified atom stereocenters. The van der Waals surface area contributed by atoms with Gasteiger partial charge in [0.15, 0.2) is 0 Å². The SMILES string of the molecule is CC(C)c1ccc(C(=O)NCC2COc3ccccc3C2)c(=O)[nH]1. The van der Waals surface area contributed by atoms with Gasteiger partial charge in [0, 0.05) is 18.2 Å². The van der Waals surface area contributed by atoms with Crippen LogP contribution in [0, 0.1) is 5.92 Å². The highest BCUT2D eigenvalue weighted by Crippen LogP contribution is 2.26. The largest absolute Gasteiger partial charge is 0.493 e. The minimum Gasteiger partial charge on any atom is -0.493 e. The zero-order chi connectivity index (χ0) is 17.1. The number of carbonyl (C=O) groups is 1. The lowest BCUT2D eigenvalue weighted by Gasteiger charge is -2.25. The lowest BCUT2D eigenvalue weighted by Crippen LogP contribution is -2.37. The average Bonchev–Trinajstić information content (AvgIpc) is 2.59. The number of aromatic amines is 1. The maximum Gasteiger partial charge on any atom is 0.261 e. The Morgan fingerprint density at radius 2 is 2.08 bits per heavy atom. The number of hydrogen-bond donors (Lipinski definition) is 2. The van der Waals surface area contributed by atoms with E-state index in [1.165, 1.54) is 0 Å². The summed E-state index contributed by atoms with van der Waals surface area (Å²) in [6.45, 7) is 5.04. The summed E-state index contributed by atoms with van der Waals surface area (Å²) in [5.41, 5.74) is 1.79. The minimum atomic E-state index is -0.344. The third-order valence-corrected chi connectivity index (χ3v) is 4.31. The molecule has 1 aliphatic heterocycles. The molecule has 2 heterocycles. The van der Waals surface area contributed by atoms with Crippen LogP contribution in [-0.4, -0.2) is 24.0 Å². The van der Waals surface area contributed by atoms with Gasteiger partial charge in [0.25, 0.3) is 11.5 Å². The number of para-hydroxylation sites is 1. The summed E-state index contributed by atoms with van der Waals surface area (Å²) in [5, 5.41) is 2.85. The maximum atomic E-state index is 12.3. The minimum absolute atomic E-state index is 0.150. The Bertz CT molecular complexity index is 795. The smallest absolute Gasteiger partial charge is 0.261 e. The molecule has 126 valence electrons. The zero-order valence-corrected chi connectivity index (χ0v) is 14.0. The Balaban J connectivity index is 1.61. The number of hydrogen-bond acceptors (Lipinski definition) is 3. The van der Waals surface area contributed by atoms with Crippen LogP contribution in [0.15, 0.2) is 41.2 Å². The Hall–Kier alpha value is -2.56. The number of ether oxygens (including phenoxy) is 1. The summed E-state index contributed by atoms with van der Waals surface area (Å²) in [5.74, 6) is 0.998. The van der Waals surface area contributed by atoms with Crippen LogP contribution in [0.2, 0.25) is 0 Å². The van der Waals surface area contributed by atoms with E-state index in [-0.39, 0.29) is 28.9 Å². The van der Waals surface area contributed by atoms with Crippen LogP contribution < -0.4 is 15.6 Å². The van der Waals surface area contributed by atoms with Crippen molar-refractivity contribution in [3.05, 3.63) is 63.6 Å². The van der Waals surface area contributed by atoms with Crippen molar-refractivity contribution < 1.29 is 9.53 Å². The number of nitrogens with one attached hydrogen (secondary N) is 2. The highest BCUT2D eigenvalue weighted by molar-refractivity contribution is 5.93. The van der Waals surface area contributed by atoms with Crippen molar-refractivity contribution in [3.8, 4) is 5.75 Å². The molecule has 5 heteroatoms. The molecule has 0 spiro atoms. The molecule has 1 aromatic heterocycles. The van der Waals surface area contributed by atoms with E-state index < -0.39 is 0 Å². The highest BCUT2D eigenvalue weighted by Gasteiger charge is 2.21. The van der Waals surface area contributed by atoms with E-state index in [0.717, 1.165) is 23.4 Å². The topological polar surface area (TPSA) is 71.2 Å². The average molecular weight is 326 g/mol. The quantitative estimate of drug-likeness (QED) is 0.907. The monoisotopic (exact) mass is 326 g/mol. The normalized spacial score (nSPS) is 16.4. The van der Waals surface area contributed by atoms with Crippen molar-refractivity contribution in [2.24, 2.45) is 5.92 Å². The van der Waals surface area contributed by atoms with E-state index in [1.807, 2.05) is 38.1 Å². The van der Waals surface area contributed by atoms with Gasteiger partial charge in [0.1, 0.15) is 11.3 Å². The van der Waals surface area contributed by atoms with Gasteiger partial charge in [-0.3, -0.25) is 9.59 Å². The molecule has 0 saturated carbocycles. The van der Waals surface area contributed by atoms with Crippen LogP contribution >= 0.6 is 0 Å². The molecule has 24 heavy (non-hydrogen) atoms. The molecule has 0 radical (unpaired) electrons. The van der Waals surface area contributed by atoms with Crippen molar-refractivity contribution >= 4 is 5.91 Å². The van der Waals surface area contributed by atoms with Gasteiger partial charge in [-0.2, -0.15) is 0 Å². The fraction of sp³-hybridized carbons (Fsp3) is 0.368. The fourth-order valence-electron chi connectivity index (χ4n) is 2.86. The van der Waals surface area contributed by atoms with Crippen molar-refractivity contribution in [2.45, 2.75) is 26.2 Å². The van der Waals surface area contributed by atoms with Gasteiger partial charge < -0.3 is 15.0 Å². The molecule has 2 aromatic rings. The van der Waals surface area contributed by atoms with Crippen LogP contribution in [0.5, 0.6) is 5.75 Å². The number of H-pyrrole nitrogens is 1. The van der Waals surface area contributed by atoms with E-state index in [9.17, 15) is 9.59 Å². The number of rotatable bonds is 4. The Morgan fingerprint density at radius 3 is 2.83 bits per heavy atom. The van der Waals surface area contributed by atoms with Crippen LogP contribution in [0.4, 0.5) is 0 Å². The standard InChI is InChI=1S/C19H22N2O3/c1-12(2)16-8-7-15(19(23)21-16)18(22)20-10-13-9-14-5-3-4-6-17(14)24-11-13/h3-8,12-13H,9-11H2,1-2H3,(H,20,22)(H,21,23). The predicted molar refractivity (Wildman–Crippen MR) is 92.6 cm³/mol. The molecule has 0 saturated heterocycles. The van der Waals surface area contributed by atoms with Gasteiger partial charge in [-0.1, -0.05) is 32.0 Å². The van der Waals surface area contributed by atoms with Gasteiger partial charge in [-0.05, 0) is 36.1 Å². The van der Waals surface area contributed by atoms with Crippen molar-refractivity contribution in [2.75, 3.05) is 13.2 Å². The third kappa shape index (κ3) is 3.50. The maximum absolute atomic E-state index is 12.3. The molecule has 5 nitrogen and oxygen atoms in total. The first-order chi connectivity index (χ1) is 11.5. The molecule has 1 aliphatic rings. The number of benzene rings is 1. The summed E-state index contributed by atoms with van der Waals surface area (Å²) >= 11 is 0. The predicted octanol–water partition coefficient (Wildman–Crippen LogP) is 2.48.